The minimum atomic E-state index is -3.38. The first-order valence-electron chi connectivity index (χ1n) is 8.05. The van der Waals surface area contributed by atoms with Gasteiger partial charge >= 0.3 is 0 Å². The van der Waals surface area contributed by atoms with Crippen LogP contribution in [0.15, 0.2) is 40.6 Å². The Bertz CT molecular complexity index is 841. The van der Waals surface area contributed by atoms with Crippen LogP contribution in [0, 0.1) is 0 Å². The molecule has 1 fully saturated rings. The molecule has 1 amide bonds. The van der Waals surface area contributed by atoms with E-state index in [9.17, 15) is 13.2 Å². The van der Waals surface area contributed by atoms with Crippen LogP contribution in [-0.4, -0.2) is 31.7 Å². The summed E-state index contributed by atoms with van der Waals surface area (Å²) in [5.74, 6) is -0.111. The number of halogens is 1. The molecule has 0 saturated carbocycles. The van der Waals surface area contributed by atoms with Gasteiger partial charge < -0.3 is 5.32 Å². The molecule has 8 heteroatoms. The molecule has 0 spiro atoms. The standard InChI is InChI=1S/C17H19ClN2O3S2/c18-14-5-3-13(4-6-14)11-16(21)19-12-15-7-8-17(24-15)25(22,23)20-9-1-2-10-20/h3-8H,1-2,9-12H2,(H,19,21). The van der Waals surface area contributed by atoms with Gasteiger partial charge in [0, 0.05) is 23.0 Å². The Morgan fingerprint density at radius 1 is 1.12 bits per heavy atom. The summed E-state index contributed by atoms with van der Waals surface area (Å²) in [7, 11) is -3.38. The highest BCUT2D eigenvalue weighted by molar-refractivity contribution is 7.91. The summed E-state index contributed by atoms with van der Waals surface area (Å²) >= 11 is 7.04. The van der Waals surface area contributed by atoms with Crippen LogP contribution in [0.5, 0.6) is 0 Å². The zero-order valence-corrected chi connectivity index (χ0v) is 16.0. The molecule has 3 rings (SSSR count). The van der Waals surface area contributed by atoms with E-state index in [-0.39, 0.29) is 12.3 Å². The Morgan fingerprint density at radius 2 is 1.80 bits per heavy atom. The zero-order valence-electron chi connectivity index (χ0n) is 13.6. The van der Waals surface area contributed by atoms with Crippen molar-refractivity contribution in [3.63, 3.8) is 0 Å². The molecule has 0 aliphatic carbocycles. The Balaban J connectivity index is 1.56. The van der Waals surface area contributed by atoms with E-state index in [2.05, 4.69) is 5.32 Å². The molecular formula is C17H19ClN2O3S2. The fourth-order valence-corrected chi connectivity index (χ4v) is 5.78. The van der Waals surface area contributed by atoms with Crippen molar-refractivity contribution >= 4 is 38.9 Å². The molecule has 1 N–H and O–H groups in total. The molecule has 2 heterocycles. The second-order valence-electron chi connectivity index (χ2n) is 5.91. The minimum Gasteiger partial charge on any atom is -0.351 e. The number of carbonyl (C=O) groups is 1. The van der Waals surface area contributed by atoms with E-state index < -0.39 is 10.0 Å². The number of thiophene rings is 1. The molecule has 5 nitrogen and oxygen atoms in total. The van der Waals surface area contributed by atoms with Crippen molar-refractivity contribution in [2.75, 3.05) is 13.1 Å². The molecule has 1 saturated heterocycles. The summed E-state index contributed by atoms with van der Waals surface area (Å²) in [5, 5.41) is 3.46. The summed E-state index contributed by atoms with van der Waals surface area (Å²) in [5.41, 5.74) is 0.880. The molecule has 0 unspecified atom stereocenters. The average molecular weight is 399 g/mol. The van der Waals surface area contributed by atoms with E-state index in [1.165, 1.54) is 15.6 Å². The second kappa shape index (κ2) is 7.86. The molecule has 1 aliphatic heterocycles. The van der Waals surface area contributed by atoms with Gasteiger partial charge in [-0.2, -0.15) is 4.31 Å². The van der Waals surface area contributed by atoms with E-state index in [1.54, 1.807) is 24.3 Å². The van der Waals surface area contributed by atoms with Crippen molar-refractivity contribution in [1.29, 1.82) is 0 Å². The van der Waals surface area contributed by atoms with Gasteiger partial charge in [0.25, 0.3) is 10.0 Å². The van der Waals surface area contributed by atoms with Crippen molar-refractivity contribution < 1.29 is 13.2 Å². The third kappa shape index (κ3) is 4.61. The van der Waals surface area contributed by atoms with Gasteiger partial charge in [-0.15, -0.1) is 11.3 Å². The van der Waals surface area contributed by atoms with Crippen molar-refractivity contribution in [3.8, 4) is 0 Å². The Labute approximate surface area is 156 Å². The van der Waals surface area contributed by atoms with Crippen LogP contribution >= 0.6 is 22.9 Å². The van der Waals surface area contributed by atoms with Crippen LogP contribution in [-0.2, 0) is 27.8 Å². The number of amides is 1. The lowest BCUT2D eigenvalue weighted by Gasteiger charge is -2.13. The van der Waals surface area contributed by atoms with E-state index in [0.717, 1.165) is 23.3 Å². The maximum Gasteiger partial charge on any atom is 0.252 e. The number of hydrogen-bond donors (Lipinski definition) is 1. The third-order valence-electron chi connectivity index (χ3n) is 4.03. The molecule has 2 aromatic rings. The van der Waals surface area contributed by atoms with Crippen LogP contribution in [0.2, 0.25) is 5.02 Å². The first kappa shape index (κ1) is 18.4. The summed E-state index contributed by atoms with van der Waals surface area (Å²) in [4.78, 5) is 12.8. The number of benzene rings is 1. The molecule has 1 aliphatic rings. The van der Waals surface area contributed by atoms with Gasteiger partial charge in [-0.1, -0.05) is 23.7 Å². The van der Waals surface area contributed by atoms with Crippen molar-refractivity contribution in [2.45, 2.75) is 30.0 Å². The number of sulfonamides is 1. The van der Waals surface area contributed by atoms with Crippen LogP contribution in [0.25, 0.3) is 0 Å². The highest BCUT2D eigenvalue weighted by Gasteiger charge is 2.28. The third-order valence-corrected chi connectivity index (χ3v) is 7.74. The predicted octanol–water partition coefficient (Wildman–Crippen LogP) is 3.04. The van der Waals surface area contributed by atoms with Crippen molar-refractivity contribution in [2.24, 2.45) is 0 Å². The lowest BCUT2D eigenvalue weighted by Crippen LogP contribution is -2.27. The summed E-state index contributed by atoms with van der Waals surface area (Å²) < 4.78 is 26.9. The monoisotopic (exact) mass is 398 g/mol. The van der Waals surface area contributed by atoms with Gasteiger partial charge in [0.15, 0.2) is 0 Å². The van der Waals surface area contributed by atoms with Crippen LogP contribution in [0.3, 0.4) is 0 Å². The zero-order chi connectivity index (χ0) is 17.9. The van der Waals surface area contributed by atoms with Crippen LogP contribution in [0.1, 0.15) is 23.3 Å². The van der Waals surface area contributed by atoms with Crippen LogP contribution in [0.4, 0.5) is 0 Å². The Hall–Kier alpha value is -1.41. The van der Waals surface area contributed by atoms with Crippen LogP contribution < -0.4 is 5.32 Å². The van der Waals surface area contributed by atoms with E-state index in [4.69, 9.17) is 11.6 Å². The van der Waals surface area contributed by atoms with Crippen molar-refractivity contribution in [1.82, 2.24) is 9.62 Å². The quantitative estimate of drug-likeness (QED) is 0.813. The molecule has 25 heavy (non-hydrogen) atoms. The molecule has 1 aromatic carbocycles. The smallest absolute Gasteiger partial charge is 0.252 e. The summed E-state index contributed by atoms with van der Waals surface area (Å²) in [6.45, 7) is 1.51. The van der Waals surface area contributed by atoms with Crippen molar-refractivity contribution in [3.05, 3.63) is 51.9 Å². The Kier molecular flexibility index (Phi) is 5.78. The predicted molar refractivity (Wildman–Crippen MR) is 99.3 cm³/mol. The molecule has 0 bridgehead atoms. The van der Waals surface area contributed by atoms with E-state index >= 15 is 0 Å². The molecule has 134 valence electrons. The molecule has 0 radical (unpaired) electrons. The maximum absolute atomic E-state index is 12.5. The normalized spacial score (nSPS) is 15.4. The number of carbonyl (C=O) groups excluding carboxylic acids is 1. The molecular weight excluding hydrogens is 380 g/mol. The SMILES string of the molecule is O=C(Cc1ccc(Cl)cc1)NCc1ccc(S(=O)(=O)N2CCCC2)s1. The van der Waals surface area contributed by atoms with Gasteiger partial charge in [-0.3, -0.25) is 4.79 Å². The first-order valence-corrected chi connectivity index (χ1v) is 10.7. The number of hydrogen-bond acceptors (Lipinski definition) is 4. The lowest BCUT2D eigenvalue weighted by molar-refractivity contribution is -0.120. The largest absolute Gasteiger partial charge is 0.351 e. The summed E-state index contributed by atoms with van der Waals surface area (Å²) in [6, 6.07) is 10.5. The maximum atomic E-state index is 12.5. The first-order chi connectivity index (χ1) is 11.9. The average Bonchev–Trinajstić information content (AvgIpc) is 3.27. The number of nitrogens with one attached hydrogen (secondary N) is 1. The fraction of sp³-hybridized carbons (Fsp3) is 0.353. The topological polar surface area (TPSA) is 66.5 Å². The van der Waals surface area contributed by atoms with Gasteiger partial charge in [-0.05, 0) is 42.7 Å². The van der Waals surface area contributed by atoms with E-state index in [1.807, 2.05) is 12.1 Å². The van der Waals surface area contributed by atoms with Gasteiger partial charge in [0.05, 0.1) is 13.0 Å². The highest BCUT2D eigenvalue weighted by atomic mass is 35.5. The van der Waals surface area contributed by atoms with Gasteiger partial charge in [0.1, 0.15) is 4.21 Å². The van der Waals surface area contributed by atoms with Gasteiger partial charge in [-0.25, -0.2) is 8.42 Å². The second-order valence-corrected chi connectivity index (χ2v) is 9.68. The molecule has 0 atom stereocenters. The number of rotatable bonds is 6. The molecule has 1 aromatic heterocycles. The minimum absolute atomic E-state index is 0.111. The summed E-state index contributed by atoms with van der Waals surface area (Å²) in [6.07, 6.45) is 2.10. The fourth-order valence-electron chi connectivity index (χ4n) is 2.68. The van der Waals surface area contributed by atoms with E-state index in [0.29, 0.717) is 28.9 Å². The Morgan fingerprint density at radius 3 is 2.48 bits per heavy atom. The highest BCUT2D eigenvalue weighted by Crippen LogP contribution is 2.27. The number of nitrogens with zero attached hydrogens (tertiary/aromatic N) is 1. The lowest BCUT2D eigenvalue weighted by atomic mass is 10.1. The van der Waals surface area contributed by atoms with Gasteiger partial charge in [0.2, 0.25) is 5.91 Å².